The van der Waals surface area contributed by atoms with Gasteiger partial charge in [0.2, 0.25) is 0 Å². The lowest BCUT2D eigenvalue weighted by Gasteiger charge is -2.29. The lowest BCUT2D eigenvalue weighted by atomic mass is 9.77. The second kappa shape index (κ2) is 11.0. The molecule has 0 aliphatic heterocycles. The Bertz CT molecular complexity index is 689. The maximum atomic E-state index is 12.8. The first-order valence-corrected chi connectivity index (χ1v) is 11.3. The number of benzene rings is 1. The van der Waals surface area contributed by atoms with Crippen LogP contribution in [-0.4, -0.2) is 23.9 Å². The highest BCUT2D eigenvalue weighted by molar-refractivity contribution is 7.32. The number of carbonyl (C=O) groups excluding carboxylic acids is 1. The van der Waals surface area contributed by atoms with E-state index in [1.165, 1.54) is 19.8 Å². The van der Waals surface area contributed by atoms with Gasteiger partial charge in [0, 0.05) is 15.7 Å². The Kier molecular flexibility index (Phi) is 9.76. The average molecular weight is 411 g/mol. The molecule has 2 unspecified atom stereocenters. The molecule has 0 heterocycles. The summed E-state index contributed by atoms with van der Waals surface area (Å²) in [7, 11) is -1.14. The van der Waals surface area contributed by atoms with Crippen molar-refractivity contribution in [2.75, 3.05) is 7.11 Å². The van der Waals surface area contributed by atoms with E-state index in [1.54, 1.807) is 7.11 Å². The van der Waals surface area contributed by atoms with Gasteiger partial charge in [-0.3, -0.25) is 4.79 Å². The van der Waals surface area contributed by atoms with Gasteiger partial charge in [-0.2, -0.15) is 0 Å². The predicted octanol–water partition coefficient (Wildman–Crippen LogP) is 5.92. The van der Waals surface area contributed by atoms with Crippen molar-refractivity contribution in [3.8, 4) is 5.75 Å². The van der Waals surface area contributed by atoms with Crippen LogP contribution in [-0.2, 0) is 27.3 Å². The van der Waals surface area contributed by atoms with Crippen LogP contribution in [0.1, 0.15) is 94.3 Å². The molecule has 0 bridgehead atoms. The molecule has 0 aromatic heterocycles. The summed E-state index contributed by atoms with van der Waals surface area (Å²) in [5, 5.41) is 0. The third kappa shape index (κ3) is 6.37. The molecule has 0 saturated heterocycles. The molecule has 1 N–H and O–H groups in total. The van der Waals surface area contributed by atoms with Crippen molar-refractivity contribution in [2.24, 2.45) is 0 Å². The molecule has 1 aliphatic rings. The van der Waals surface area contributed by atoms with Gasteiger partial charge in [0.05, 0.1) is 7.11 Å². The molecule has 2 rings (SSSR count). The minimum Gasteiger partial charge on any atom is -0.496 e. The number of methoxy groups -OCH3 is 1. The van der Waals surface area contributed by atoms with Crippen LogP contribution in [0.4, 0.5) is 0 Å². The Morgan fingerprint density at radius 3 is 2.14 bits per heavy atom. The molecule has 1 aromatic rings. The van der Waals surface area contributed by atoms with Gasteiger partial charge < -0.3 is 4.74 Å². The fraction of sp³-hybridized carbons (Fsp3) is 0.682. The molecule has 0 amide bonds. The number of hydrogen-bond donors (Lipinski definition) is 1. The summed E-state index contributed by atoms with van der Waals surface area (Å²) in [6.07, 6.45) is 5.47. The molecule has 0 saturated carbocycles. The maximum Gasteiger partial charge on any atom is 0.695 e. The first-order chi connectivity index (χ1) is 13.1. The molecule has 158 valence electrons. The number of ketones is 1. The van der Waals surface area contributed by atoms with Gasteiger partial charge >= 0.3 is 8.25 Å². The third-order valence-corrected chi connectivity index (χ3v) is 5.49. The summed E-state index contributed by atoms with van der Waals surface area (Å²) in [5.74, 6) is 0.620. The van der Waals surface area contributed by atoms with Crippen molar-refractivity contribution >= 4 is 14.0 Å². The molecule has 6 heteroatoms. The number of hydrogen-bond acceptors (Lipinski definition) is 4. The SMILES string of the molecule is CCCC.COc1c(C(C)(C)C)cc(C(=O)C(C)O[P+](=O)O)c2c1CCCC2. The lowest BCUT2D eigenvalue weighted by Crippen LogP contribution is -2.24. The van der Waals surface area contributed by atoms with E-state index >= 15 is 0 Å². The quantitative estimate of drug-likeness (QED) is 0.465. The zero-order valence-electron chi connectivity index (χ0n) is 18.4. The molecule has 0 radical (unpaired) electrons. The van der Waals surface area contributed by atoms with Crippen LogP contribution in [0.5, 0.6) is 5.75 Å². The van der Waals surface area contributed by atoms with Crippen LogP contribution in [0.25, 0.3) is 0 Å². The summed E-state index contributed by atoms with van der Waals surface area (Å²) in [4.78, 5) is 21.8. The van der Waals surface area contributed by atoms with E-state index in [-0.39, 0.29) is 11.2 Å². The van der Waals surface area contributed by atoms with Gasteiger partial charge in [-0.25, -0.2) is 0 Å². The van der Waals surface area contributed by atoms with Gasteiger partial charge in [0.1, 0.15) is 5.75 Å². The van der Waals surface area contributed by atoms with E-state index in [0.717, 1.165) is 48.1 Å². The van der Waals surface area contributed by atoms with Gasteiger partial charge in [-0.1, -0.05) is 47.5 Å². The maximum absolute atomic E-state index is 12.8. The normalized spacial score (nSPS) is 15.1. The summed E-state index contributed by atoms with van der Waals surface area (Å²) < 4.78 is 21.4. The molecular weight excluding hydrogens is 375 g/mol. The third-order valence-electron chi connectivity index (χ3n) is 5.00. The summed E-state index contributed by atoms with van der Waals surface area (Å²) in [6.45, 7) is 12.1. The van der Waals surface area contributed by atoms with Crippen LogP contribution in [0.15, 0.2) is 6.07 Å². The first-order valence-electron chi connectivity index (χ1n) is 10.2. The molecule has 0 fully saturated rings. The summed E-state index contributed by atoms with van der Waals surface area (Å²) >= 11 is 0. The van der Waals surface area contributed by atoms with Crippen molar-refractivity contribution in [3.63, 3.8) is 0 Å². The fourth-order valence-corrected chi connectivity index (χ4v) is 3.69. The van der Waals surface area contributed by atoms with Crippen molar-refractivity contribution in [1.29, 1.82) is 0 Å². The summed E-state index contributed by atoms with van der Waals surface area (Å²) in [5.41, 5.74) is 3.49. The zero-order valence-corrected chi connectivity index (χ0v) is 19.3. The second-order valence-electron chi connectivity index (χ2n) is 8.27. The van der Waals surface area contributed by atoms with Crippen LogP contribution in [0.3, 0.4) is 0 Å². The first kappa shape index (κ1) is 24.7. The Morgan fingerprint density at radius 2 is 1.71 bits per heavy atom. The van der Waals surface area contributed by atoms with Gasteiger partial charge in [-0.05, 0) is 55.2 Å². The molecule has 28 heavy (non-hydrogen) atoms. The highest BCUT2D eigenvalue weighted by Gasteiger charge is 2.33. The molecular formula is C22H36O5P+. The average Bonchev–Trinajstić information content (AvgIpc) is 2.64. The largest absolute Gasteiger partial charge is 0.695 e. The number of carbonyl (C=O) groups is 1. The number of fused-ring (bicyclic) bond motifs is 1. The van der Waals surface area contributed by atoms with Crippen molar-refractivity contribution in [1.82, 2.24) is 0 Å². The Balaban J connectivity index is 0.000000892. The number of unbranched alkanes of at least 4 members (excludes halogenated alkanes) is 1. The van der Waals surface area contributed by atoms with Crippen molar-refractivity contribution in [3.05, 3.63) is 28.3 Å². The van der Waals surface area contributed by atoms with E-state index < -0.39 is 14.4 Å². The Hall–Kier alpha value is -1.29. The van der Waals surface area contributed by atoms with Crippen molar-refractivity contribution in [2.45, 2.75) is 91.6 Å². The van der Waals surface area contributed by atoms with Gasteiger partial charge in [0.15, 0.2) is 11.9 Å². The number of rotatable bonds is 6. The Labute approximate surface area is 170 Å². The molecule has 0 spiro atoms. The number of Topliss-reactive ketones (excluding diaryl/α,β-unsaturated/α-hetero) is 1. The van der Waals surface area contributed by atoms with Gasteiger partial charge in [-0.15, -0.1) is 9.42 Å². The highest BCUT2D eigenvalue weighted by Crippen LogP contribution is 2.41. The predicted molar refractivity (Wildman–Crippen MR) is 114 cm³/mol. The van der Waals surface area contributed by atoms with Crippen LogP contribution < -0.4 is 4.74 Å². The lowest BCUT2D eigenvalue weighted by molar-refractivity contribution is 0.0808. The van der Waals surface area contributed by atoms with E-state index in [1.807, 2.05) is 6.07 Å². The Morgan fingerprint density at radius 1 is 1.18 bits per heavy atom. The molecule has 1 aliphatic carbocycles. The van der Waals surface area contributed by atoms with Crippen LogP contribution >= 0.6 is 8.25 Å². The smallest absolute Gasteiger partial charge is 0.496 e. The minimum absolute atomic E-state index is 0.181. The molecule has 2 atom stereocenters. The number of ether oxygens (including phenoxy) is 1. The van der Waals surface area contributed by atoms with E-state index in [4.69, 9.17) is 14.2 Å². The topological polar surface area (TPSA) is 72.8 Å². The molecule has 1 aromatic carbocycles. The fourth-order valence-electron chi connectivity index (χ4n) is 3.32. The monoisotopic (exact) mass is 411 g/mol. The van der Waals surface area contributed by atoms with Crippen LogP contribution in [0, 0.1) is 0 Å². The highest BCUT2D eigenvalue weighted by atomic mass is 31.1. The zero-order chi connectivity index (χ0) is 21.5. The van der Waals surface area contributed by atoms with E-state index in [9.17, 15) is 9.36 Å². The standard InChI is InChI=1S/C18H25O5P.C4H10/c1-11(23-24(20)21)16(19)14-10-15(18(2,3)4)17(22-5)13-9-7-6-8-12(13)14;1-3-4-2/h10-11H,6-9H2,1-5H3;3-4H2,1-2H3/p+1. The van der Waals surface area contributed by atoms with E-state index in [0.29, 0.717) is 5.56 Å². The van der Waals surface area contributed by atoms with E-state index in [2.05, 4.69) is 34.6 Å². The van der Waals surface area contributed by atoms with Gasteiger partial charge in [0.25, 0.3) is 0 Å². The summed E-state index contributed by atoms with van der Waals surface area (Å²) in [6, 6.07) is 1.88. The minimum atomic E-state index is -2.81. The molecule has 5 nitrogen and oxygen atoms in total. The van der Waals surface area contributed by atoms with Crippen molar-refractivity contribution < 1.29 is 23.5 Å². The van der Waals surface area contributed by atoms with Crippen LogP contribution in [0.2, 0.25) is 0 Å². The second-order valence-corrected chi connectivity index (χ2v) is 8.96.